The number of hydrogen-bond acceptors (Lipinski definition) is 7. The second-order valence-electron chi connectivity index (χ2n) is 6.57. The summed E-state index contributed by atoms with van der Waals surface area (Å²) in [6, 6.07) is 7.41. The molecule has 0 atom stereocenters. The van der Waals surface area contributed by atoms with Crippen molar-refractivity contribution in [3.05, 3.63) is 40.6 Å². The van der Waals surface area contributed by atoms with Gasteiger partial charge in [0.05, 0.1) is 4.92 Å². The maximum absolute atomic E-state index is 11.8. The van der Waals surface area contributed by atoms with Crippen molar-refractivity contribution in [3.63, 3.8) is 0 Å². The summed E-state index contributed by atoms with van der Waals surface area (Å²) in [6.07, 6.45) is 5.08. The Morgan fingerprint density at radius 1 is 1.12 bits per heavy atom. The van der Waals surface area contributed by atoms with Gasteiger partial charge in [-0.1, -0.05) is 0 Å². The number of nitrogens with zero attached hydrogens (tertiary/aromatic N) is 3. The molecule has 0 unspecified atom stereocenters. The van der Waals surface area contributed by atoms with Crippen LogP contribution in [0.3, 0.4) is 0 Å². The van der Waals surface area contributed by atoms with Gasteiger partial charge in [-0.25, -0.2) is 4.98 Å². The van der Waals surface area contributed by atoms with Gasteiger partial charge in [-0.3, -0.25) is 14.9 Å². The maximum atomic E-state index is 11.8. The number of carbonyl (C=O) groups is 1. The van der Waals surface area contributed by atoms with Gasteiger partial charge in [0.2, 0.25) is 17.7 Å². The van der Waals surface area contributed by atoms with Crippen molar-refractivity contribution in [2.24, 2.45) is 5.92 Å². The summed E-state index contributed by atoms with van der Waals surface area (Å²) in [6.45, 7) is 0. The third kappa shape index (κ3) is 3.88. The molecule has 3 N–H and O–H groups in total. The normalized spacial score (nSPS) is 16.0. The Morgan fingerprint density at radius 3 is 2.42 bits per heavy atom. The Labute approximate surface area is 149 Å². The molecule has 2 aliphatic carbocycles. The first-order valence-corrected chi connectivity index (χ1v) is 8.54. The van der Waals surface area contributed by atoms with Gasteiger partial charge < -0.3 is 16.0 Å². The zero-order valence-electron chi connectivity index (χ0n) is 13.9. The molecule has 26 heavy (non-hydrogen) atoms. The summed E-state index contributed by atoms with van der Waals surface area (Å²) < 4.78 is 0. The van der Waals surface area contributed by atoms with E-state index >= 15 is 0 Å². The van der Waals surface area contributed by atoms with E-state index in [4.69, 9.17) is 0 Å². The minimum absolute atomic E-state index is 0.0557. The van der Waals surface area contributed by atoms with Crippen LogP contribution in [0.4, 0.5) is 28.8 Å². The van der Waals surface area contributed by atoms with Crippen LogP contribution < -0.4 is 16.0 Å². The number of benzene rings is 1. The van der Waals surface area contributed by atoms with Gasteiger partial charge in [0, 0.05) is 23.3 Å². The fourth-order valence-corrected chi connectivity index (χ4v) is 2.45. The third-order valence-electron chi connectivity index (χ3n) is 4.24. The highest BCUT2D eigenvalue weighted by Crippen LogP contribution is 2.31. The summed E-state index contributed by atoms with van der Waals surface area (Å²) in [5, 5.41) is 20.1. The van der Waals surface area contributed by atoms with Crippen molar-refractivity contribution in [1.82, 2.24) is 9.97 Å². The SMILES string of the molecule is O=C(Nc1ccc(Nc2ncc([N+](=O)[O-])c(NC3CC3)n2)cc1)C1CC1. The Kier molecular flexibility index (Phi) is 4.11. The van der Waals surface area contributed by atoms with Crippen molar-refractivity contribution in [2.75, 3.05) is 16.0 Å². The van der Waals surface area contributed by atoms with Gasteiger partial charge in [-0.05, 0) is 49.9 Å². The van der Waals surface area contributed by atoms with E-state index in [1.54, 1.807) is 24.3 Å². The fraction of sp³-hybridized carbons (Fsp3) is 0.353. The second kappa shape index (κ2) is 6.58. The zero-order valence-corrected chi connectivity index (χ0v) is 13.9. The lowest BCUT2D eigenvalue weighted by Gasteiger charge is -2.09. The molecule has 1 amide bonds. The van der Waals surface area contributed by atoms with Crippen LogP contribution in [-0.4, -0.2) is 26.8 Å². The number of carbonyl (C=O) groups excluding carboxylic acids is 1. The van der Waals surface area contributed by atoms with E-state index in [9.17, 15) is 14.9 Å². The molecular weight excluding hydrogens is 336 g/mol. The van der Waals surface area contributed by atoms with E-state index in [1.807, 2.05) is 0 Å². The van der Waals surface area contributed by atoms with E-state index < -0.39 is 4.92 Å². The van der Waals surface area contributed by atoms with Crippen LogP contribution in [-0.2, 0) is 4.79 Å². The molecule has 0 spiro atoms. The standard InChI is InChI=1S/C17H18N6O3/c24-16(10-1-2-10)20-12-5-7-13(8-6-12)21-17-18-9-14(23(25)26)15(22-17)19-11-3-4-11/h5-11H,1-4H2,(H,20,24)(H2,18,19,21,22). The molecule has 0 saturated heterocycles. The van der Waals surface area contributed by atoms with Crippen LogP contribution in [0, 0.1) is 16.0 Å². The average molecular weight is 354 g/mol. The van der Waals surface area contributed by atoms with E-state index in [2.05, 4.69) is 25.9 Å². The number of anilines is 4. The van der Waals surface area contributed by atoms with Gasteiger partial charge in [0.15, 0.2) is 0 Å². The highest BCUT2D eigenvalue weighted by molar-refractivity contribution is 5.94. The van der Waals surface area contributed by atoms with E-state index in [1.165, 1.54) is 6.20 Å². The molecule has 0 aliphatic heterocycles. The van der Waals surface area contributed by atoms with Crippen molar-refractivity contribution in [1.29, 1.82) is 0 Å². The van der Waals surface area contributed by atoms with Gasteiger partial charge in [0.1, 0.15) is 6.20 Å². The summed E-state index contributed by atoms with van der Waals surface area (Å²) >= 11 is 0. The number of aromatic nitrogens is 2. The van der Waals surface area contributed by atoms with Gasteiger partial charge in [-0.15, -0.1) is 0 Å². The quantitative estimate of drug-likeness (QED) is 0.516. The first-order chi connectivity index (χ1) is 12.6. The number of nitrogens with one attached hydrogen (secondary N) is 3. The molecule has 2 aromatic rings. The minimum atomic E-state index is -0.494. The molecule has 2 fully saturated rings. The molecule has 1 heterocycles. The average Bonchev–Trinajstić information content (AvgIpc) is 3.50. The molecule has 1 aromatic carbocycles. The number of hydrogen-bond donors (Lipinski definition) is 3. The lowest BCUT2D eigenvalue weighted by atomic mass is 10.2. The first-order valence-electron chi connectivity index (χ1n) is 8.54. The molecule has 9 nitrogen and oxygen atoms in total. The van der Waals surface area contributed by atoms with E-state index in [0.29, 0.717) is 0 Å². The largest absolute Gasteiger partial charge is 0.361 e. The molecule has 4 rings (SSSR count). The summed E-state index contributed by atoms with van der Waals surface area (Å²) in [4.78, 5) is 30.6. The number of amides is 1. The lowest BCUT2D eigenvalue weighted by molar-refractivity contribution is -0.384. The van der Waals surface area contributed by atoms with Crippen LogP contribution in [0.5, 0.6) is 0 Å². The smallest absolute Gasteiger partial charge is 0.329 e. The third-order valence-corrected chi connectivity index (χ3v) is 4.24. The van der Waals surface area contributed by atoms with Crippen LogP contribution >= 0.6 is 0 Å². The Balaban J connectivity index is 1.45. The van der Waals surface area contributed by atoms with Crippen LogP contribution in [0.15, 0.2) is 30.5 Å². The lowest BCUT2D eigenvalue weighted by Crippen LogP contribution is -2.13. The van der Waals surface area contributed by atoms with E-state index in [0.717, 1.165) is 37.1 Å². The van der Waals surface area contributed by atoms with Crippen LogP contribution in [0.2, 0.25) is 0 Å². The van der Waals surface area contributed by atoms with E-state index in [-0.39, 0.29) is 35.3 Å². The zero-order chi connectivity index (χ0) is 18.1. The van der Waals surface area contributed by atoms with Crippen LogP contribution in [0.25, 0.3) is 0 Å². The van der Waals surface area contributed by atoms with Crippen LogP contribution in [0.1, 0.15) is 25.7 Å². The molecule has 2 aliphatic rings. The molecular formula is C17H18N6O3. The highest BCUT2D eigenvalue weighted by Gasteiger charge is 2.29. The van der Waals surface area contributed by atoms with Crippen molar-refractivity contribution in [2.45, 2.75) is 31.7 Å². The van der Waals surface area contributed by atoms with Gasteiger partial charge >= 0.3 is 5.69 Å². The van der Waals surface area contributed by atoms with Gasteiger partial charge in [-0.2, -0.15) is 4.98 Å². The Bertz CT molecular complexity index is 846. The predicted octanol–water partition coefficient (Wildman–Crippen LogP) is 3.05. The van der Waals surface area contributed by atoms with Crippen molar-refractivity contribution < 1.29 is 9.72 Å². The Morgan fingerprint density at radius 2 is 1.81 bits per heavy atom. The monoisotopic (exact) mass is 354 g/mol. The minimum Gasteiger partial charge on any atom is -0.361 e. The summed E-state index contributed by atoms with van der Waals surface area (Å²) in [5.41, 5.74) is 1.31. The highest BCUT2D eigenvalue weighted by atomic mass is 16.6. The summed E-state index contributed by atoms with van der Waals surface area (Å²) in [5.74, 6) is 0.704. The van der Waals surface area contributed by atoms with Gasteiger partial charge in [0.25, 0.3) is 0 Å². The first kappa shape index (κ1) is 16.2. The molecule has 0 bridgehead atoms. The van der Waals surface area contributed by atoms with Crippen molar-refractivity contribution >= 4 is 34.7 Å². The van der Waals surface area contributed by atoms with Crippen molar-refractivity contribution in [3.8, 4) is 0 Å². The molecule has 1 aromatic heterocycles. The fourth-order valence-electron chi connectivity index (χ4n) is 2.45. The summed E-state index contributed by atoms with van der Waals surface area (Å²) in [7, 11) is 0. The number of rotatable bonds is 7. The molecule has 134 valence electrons. The topological polar surface area (TPSA) is 122 Å². The maximum Gasteiger partial charge on any atom is 0.329 e. The predicted molar refractivity (Wildman–Crippen MR) is 96.4 cm³/mol. The second-order valence-corrected chi connectivity index (χ2v) is 6.57. The molecule has 2 saturated carbocycles. The Hall–Kier alpha value is -3.23. The molecule has 9 heteroatoms. The molecule has 0 radical (unpaired) electrons. The number of nitro groups is 1.